The number of imide groups is 1. The first kappa shape index (κ1) is 20.4. The summed E-state index contributed by atoms with van der Waals surface area (Å²) in [4.78, 5) is 33.2. The van der Waals surface area contributed by atoms with Crippen LogP contribution in [0, 0.1) is 0 Å². The van der Waals surface area contributed by atoms with Gasteiger partial charge in [-0.05, 0) is 42.8 Å². The van der Waals surface area contributed by atoms with Gasteiger partial charge >= 0.3 is 6.03 Å². The van der Waals surface area contributed by atoms with Gasteiger partial charge in [-0.2, -0.15) is 0 Å². The minimum atomic E-state index is -1.03. The first-order valence-electron chi connectivity index (χ1n) is 9.38. The second-order valence-corrected chi connectivity index (χ2v) is 8.35. The Labute approximate surface area is 184 Å². The topological polar surface area (TPSA) is 53.5 Å². The molecule has 2 aromatic carbocycles. The fraction of sp³-hybridized carbons (Fsp3) is 0.174. The molecule has 1 fully saturated rings. The van der Waals surface area contributed by atoms with Crippen molar-refractivity contribution < 1.29 is 9.59 Å². The van der Waals surface area contributed by atoms with E-state index >= 15 is 0 Å². The number of pyridine rings is 1. The van der Waals surface area contributed by atoms with E-state index in [1.165, 1.54) is 4.90 Å². The maximum atomic E-state index is 13.3. The van der Waals surface area contributed by atoms with Crippen molar-refractivity contribution in [3.63, 3.8) is 0 Å². The summed E-state index contributed by atoms with van der Waals surface area (Å²) in [6.07, 6.45) is 2.13. The second kappa shape index (κ2) is 7.74. The van der Waals surface area contributed by atoms with Gasteiger partial charge in [-0.3, -0.25) is 9.78 Å². The number of amides is 3. The Morgan fingerprint density at radius 1 is 0.967 bits per heavy atom. The van der Waals surface area contributed by atoms with Crippen LogP contribution in [0.25, 0.3) is 11.3 Å². The second-order valence-electron chi connectivity index (χ2n) is 7.47. The molecule has 0 radical (unpaired) electrons. The molecule has 1 aliphatic rings. The van der Waals surface area contributed by atoms with Gasteiger partial charge in [0, 0.05) is 35.3 Å². The van der Waals surface area contributed by atoms with Gasteiger partial charge in [0.25, 0.3) is 5.91 Å². The molecule has 1 aromatic heterocycles. The van der Waals surface area contributed by atoms with Crippen molar-refractivity contribution in [2.24, 2.45) is 0 Å². The Morgan fingerprint density at radius 3 is 2.23 bits per heavy atom. The highest BCUT2D eigenvalue weighted by Gasteiger charge is 2.53. The van der Waals surface area contributed by atoms with Gasteiger partial charge in [0.2, 0.25) is 0 Å². The molecule has 30 heavy (non-hydrogen) atoms. The van der Waals surface area contributed by atoms with Crippen molar-refractivity contribution in [3.05, 3.63) is 82.5 Å². The molecule has 0 spiro atoms. The van der Waals surface area contributed by atoms with Gasteiger partial charge in [0.05, 0.1) is 11.4 Å². The molecule has 0 aliphatic carbocycles. The van der Waals surface area contributed by atoms with E-state index in [1.807, 2.05) is 42.5 Å². The summed E-state index contributed by atoms with van der Waals surface area (Å²) in [6, 6.07) is 17.9. The van der Waals surface area contributed by atoms with Gasteiger partial charge < -0.3 is 4.90 Å². The maximum Gasteiger partial charge on any atom is 0.332 e. The van der Waals surface area contributed by atoms with E-state index in [2.05, 4.69) is 4.98 Å². The van der Waals surface area contributed by atoms with Crippen LogP contribution in [0.3, 0.4) is 0 Å². The first-order valence-corrected chi connectivity index (χ1v) is 10.1. The van der Waals surface area contributed by atoms with Crippen LogP contribution in [0.5, 0.6) is 0 Å². The van der Waals surface area contributed by atoms with Crippen molar-refractivity contribution in [2.75, 3.05) is 11.9 Å². The van der Waals surface area contributed by atoms with Crippen LogP contribution in [0.1, 0.15) is 12.5 Å². The number of hydrogen-bond acceptors (Lipinski definition) is 3. The predicted molar refractivity (Wildman–Crippen MR) is 119 cm³/mol. The van der Waals surface area contributed by atoms with Gasteiger partial charge in [0.1, 0.15) is 5.54 Å². The first-order chi connectivity index (χ1) is 14.3. The lowest BCUT2D eigenvalue weighted by molar-refractivity contribution is -0.123. The third kappa shape index (κ3) is 3.55. The summed E-state index contributed by atoms with van der Waals surface area (Å²) in [5.41, 5.74) is 2.14. The molecule has 1 saturated heterocycles. The standard InChI is InChI=1S/C23H19Cl2N3O2/c1-23(14-15-6-8-16(9-7-15)20-5-3-4-10-26-20)21(29)28(22(30)27(23)2)19-12-17(24)11-18(25)13-19/h3-13H,14H2,1-2H3. The van der Waals surface area contributed by atoms with Gasteiger partial charge in [-0.1, -0.05) is 53.5 Å². The summed E-state index contributed by atoms with van der Waals surface area (Å²) >= 11 is 12.1. The van der Waals surface area contributed by atoms with E-state index in [0.717, 1.165) is 21.7 Å². The van der Waals surface area contributed by atoms with E-state index in [0.29, 0.717) is 22.2 Å². The highest BCUT2D eigenvalue weighted by atomic mass is 35.5. The number of likely N-dealkylation sites (N-methyl/N-ethyl adjacent to an activating group) is 1. The van der Waals surface area contributed by atoms with E-state index in [-0.39, 0.29) is 5.91 Å². The molecule has 0 bridgehead atoms. The Kier molecular flexibility index (Phi) is 5.26. The number of rotatable bonds is 4. The summed E-state index contributed by atoms with van der Waals surface area (Å²) in [5, 5.41) is 0.721. The zero-order valence-electron chi connectivity index (χ0n) is 16.5. The van der Waals surface area contributed by atoms with Crippen LogP contribution >= 0.6 is 23.2 Å². The molecule has 7 heteroatoms. The third-order valence-electron chi connectivity index (χ3n) is 5.45. The number of halogens is 2. The van der Waals surface area contributed by atoms with Crippen molar-refractivity contribution in [1.29, 1.82) is 0 Å². The van der Waals surface area contributed by atoms with Crippen molar-refractivity contribution in [2.45, 2.75) is 18.9 Å². The van der Waals surface area contributed by atoms with E-state index in [1.54, 1.807) is 38.4 Å². The maximum absolute atomic E-state index is 13.3. The summed E-state index contributed by atoms with van der Waals surface area (Å²) in [6.45, 7) is 1.77. The fourth-order valence-corrected chi connectivity index (χ4v) is 4.16. The summed E-state index contributed by atoms with van der Waals surface area (Å²) in [5.74, 6) is -0.317. The molecule has 0 N–H and O–H groups in total. The highest BCUT2D eigenvalue weighted by molar-refractivity contribution is 6.35. The monoisotopic (exact) mass is 439 g/mol. The minimum absolute atomic E-state index is 0.317. The van der Waals surface area contributed by atoms with E-state index in [4.69, 9.17) is 23.2 Å². The number of hydrogen-bond donors (Lipinski definition) is 0. The van der Waals surface area contributed by atoms with Crippen LogP contribution in [-0.4, -0.2) is 34.4 Å². The zero-order chi connectivity index (χ0) is 21.5. The number of anilines is 1. The van der Waals surface area contributed by atoms with Crippen LogP contribution in [0.4, 0.5) is 10.5 Å². The SMILES string of the molecule is CN1C(=O)N(c2cc(Cl)cc(Cl)c2)C(=O)C1(C)Cc1ccc(-c2ccccn2)cc1. The largest absolute Gasteiger partial charge is 0.332 e. The number of benzene rings is 2. The average Bonchev–Trinajstić information content (AvgIpc) is 2.89. The van der Waals surface area contributed by atoms with Crippen LogP contribution in [0.2, 0.25) is 10.0 Å². The molecule has 1 unspecified atom stereocenters. The normalized spacial score (nSPS) is 18.9. The summed E-state index contributed by atoms with van der Waals surface area (Å²) in [7, 11) is 1.63. The quantitative estimate of drug-likeness (QED) is 0.507. The van der Waals surface area contributed by atoms with Crippen molar-refractivity contribution in [1.82, 2.24) is 9.88 Å². The Morgan fingerprint density at radius 2 is 1.63 bits per heavy atom. The molecule has 0 saturated carbocycles. The lowest BCUT2D eigenvalue weighted by atomic mass is 9.91. The molecule has 1 aliphatic heterocycles. The lowest BCUT2D eigenvalue weighted by Gasteiger charge is -2.28. The lowest BCUT2D eigenvalue weighted by Crippen LogP contribution is -2.47. The molecule has 1 atom stereocenters. The molecular formula is C23H19Cl2N3O2. The van der Waals surface area contributed by atoms with E-state index in [9.17, 15) is 9.59 Å². The number of nitrogens with zero attached hydrogens (tertiary/aromatic N) is 3. The van der Waals surface area contributed by atoms with Crippen molar-refractivity contribution >= 4 is 40.8 Å². The Balaban J connectivity index is 1.62. The van der Waals surface area contributed by atoms with Crippen molar-refractivity contribution in [3.8, 4) is 11.3 Å². The predicted octanol–water partition coefficient (Wildman–Crippen LogP) is 5.46. The van der Waals surface area contributed by atoms with Crippen LogP contribution in [0.15, 0.2) is 66.9 Å². The Hall–Kier alpha value is -2.89. The van der Waals surface area contributed by atoms with Gasteiger partial charge in [-0.15, -0.1) is 0 Å². The molecule has 3 aromatic rings. The summed E-state index contributed by atoms with van der Waals surface area (Å²) < 4.78 is 0. The average molecular weight is 440 g/mol. The molecule has 5 nitrogen and oxygen atoms in total. The van der Waals surface area contributed by atoms with E-state index < -0.39 is 11.6 Å². The molecule has 4 rings (SSSR count). The molecular weight excluding hydrogens is 421 g/mol. The van der Waals surface area contributed by atoms with Crippen LogP contribution < -0.4 is 4.90 Å². The smallest absolute Gasteiger partial charge is 0.312 e. The minimum Gasteiger partial charge on any atom is -0.312 e. The van der Waals surface area contributed by atoms with Gasteiger partial charge in [0.15, 0.2) is 0 Å². The van der Waals surface area contributed by atoms with Gasteiger partial charge in [-0.25, -0.2) is 9.69 Å². The number of carbonyl (C=O) groups is 2. The Bertz CT molecular complexity index is 1100. The molecule has 3 amide bonds. The fourth-order valence-electron chi connectivity index (χ4n) is 3.65. The number of aromatic nitrogens is 1. The number of carbonyl (C=O) groups excluding carboxylic acids is 2. The zero-order valence-corrected chi connectivity index (χ0v) is 18.0. The highest BCUT2D eigenvalue weighted by Crippen LogP contribution is 2.36. The molecule has 2 heterocycles. The third-order valence-corrected chi connectivity index (χ3v) is 5.89. The number of urea groups is 1. The van der Waals surface area contributed by atoms with Crippen LogP contribution in [-0.2, 0) is 11.2 Å². The molecule has 152 valence electrons.